The third-order valence-electron chi connectivity index (χ3n) is 5.60. The van der Waals surface area contributed by atoms with Crippen LogP contribution in [0.5, 0.6) is 0 Å². The molecule has 0 bridgehead atoms. The van der Waals surface area contributed by atoms with Gasteiger partial charge in [-0.05, 0) is 16.7 Å². The van der Waals surface area contributed by atoms with Crippen LogP contribution < -0.4 is 0 Å². The summed E-state index contributed by atoms with van der Waals surface area (Å²) < 4.78 is 23.9. The first-order valence-electron chi connectivity index (χ1n) is 11.1. The Labute approximate surface area is 194 Å². The number of hydrogen-bond acceptors (Lipinski definition) is 6. The zero-order chi connectivity index (χ0) is 22.9. The van der Waals surface area contributed by atoms with E-state index in [9.17, 15) is 10.2 Å². The summed E-state index contributed by atoms with van der Waals surface area (Å²) in [4.78, 5) is 0. The molecular weight excluding hydrogens is 420 g/mol. The molecule has 33 heavy (non-hydrogen) atoms. The second kappa shape index (κ2) is 12.0. The molecule has 1 saturated heterocycles. The second-order valence-electron chi connectivity index (χ2n) is 8.08. The molecule has 0 aromatic heterocycles. The van der Waals surface area contributed by atoms with Gasteiger partial charge in [-0.2, -0.15) is 0 Å². The van der Waals surface area contributed by atoms with Crippen molar-refractivity contribution in [2.24, 2.45) is 0 Å². The van der Waals surface area contributed by atoms with Gasteiger partial charge in [-0.3, -0.25) is 0 Å². The Kier molecular flexibility index (Phi) is 8.60. The molecule has 2 N–H and O–H groups in total. The van der Waals surface area contributed by atoms with E-state index < -0.39 is 30.7 Å². The minimum Gasteiger partial charge on any atom is -0.385 e. The highest BCUT2D eigenvalue weighted by molar-refractivity contribution is 5.15. The number of hydrogen-bond donors (Lipinski definition) is 2. The summed E-state index contributed by atoms with van der Waals surface area (Å²) in [5, 5.41) is 21.1. The first kappa shape index (κ1) is 23.6. The highest BCUT2D eigenvalue weighted by Crippen LogP contribution is 2.27. The molecule has 1 aliphatic heterocycles. The van der Waals surface area contributed by atoms with Gasteiger partial charge in [-0.25, -0.2) is 0 Å². The Morgan fingerprint density at radius 1 is 0.606 bits per heavy atom. The molecule has 0 radical (unpaired) electrons. The van der Waals surface area contributed by atoms with Crippen LogP contribution in [-0.4, -0.2) is 47.5 Å². The van der Waals surface area contributed by atoms with Crippen molar-refractivity contribution in [2.45, 2.75) is 50.5 Å². The van der Waals surface area contributed by atoms with Gasteiger partial charge in [0, 0.05) is 0 Å². The minimum absolute atomic E-state index is 0.184. The van der Waals surface area contributed by atoms with E-state index >= 15 is 0 Å². The second-order valence-corrected chi connectivity index (χ2v) is 8.08. The fourth-order valence-corrected chi connectivity index (χ4v) is 3.84. The van der Waals surface area contributed by atoms with Crippen LogP contribution >= 0.6 is 0 Å². The molecule has 0 spiro atoms. The average molecular weight is 451 g/mol. The fourth-order valence-electron chi connectivity index (χ4n) is 3.84. The fraction of sp³-hybridized carbons (Fsp3) is 0.333. The van der Waals surface area contributed by atoms with E-state index in [0.717, 1.165) is 16.7 Å². The largest absolute Gasteiger partial charge is 0.385 e. The first-order chi connectivity index (χ1) is 16.2. The quantitative estimate of drug-likeness (QED) is 0.493. The molecule has 1 heterocycles. The number of benzene rings is 3. The van der Waals surface area contributed by atoms with Crippen molar-refractivity contribution >= 4 is 0 Å². The lowest BCUT2D eigenvalue weighted by atomic mass is 9.98. The normalized spacial score (nSPS) is 25.1. The maximum Gasteiger partial charge on any atom is 0.184 e. The van der Waals surface area contributed by atoms with Gasteiger partial charge >= 0.3 is 0 Å². The van der Waals surface area contributed by atoms with Gasteiger partial charge in [-0.1, -0.05) is 91.0 Å². The van der Waals surface area contributed by atoms with Crippen LogP contribution in [0.2, 0.25) is 0 Å². The van der Waals surface area contributed by atoms with Gasteiger partial charge in [0.2, 0.25) is 0 Å². The van der Waals surface area contributed by atoms with Crippen molar-refractivity contribution in [2.75, 3.05) is 6.61 Å². The van der Waals surface area contributed by atoms with E-state index in [0.29, 0.717) is 13.2 Å². The van der Waals surface area contributed by atoms with Gasteiger partial charge in [0.05, 0.1) is 26.4 Å². The van der Waals surface area contributed by atoms with E-state index in [1.807, 2.05) is 91.0 Å². The van der Waals surface area contributed by atoms with Crippen LogP contribution in [-0.2, 0) is 38.8 Å². The lowest BCUT2D eigenvalue weighted by Gasteiger charge is -2.42. The van der Waals surface area contributed by atoms with Crippen molar-refractivity contribution in [3.63, 3.8) is 0 Å². The number of aliphatic hydroxyl groups is 2. The molecule has 0 saturated carbocycles. The van der Waals surface area contributed by atoms with Crippen LogP contribution in [0.4, 0.5) is 0 Å². The Morgan fingerprint density at radius 2 is 1.06 bits per heavy atom. The maximum absolute atomic E-state index is 10.7. The first-order valence-corrected chi connectivity index (χ1v) is 11.1. The maximum atomic E-state index is 10.7. The van der Waals surface area contributed by atoms with E-state index in [4.69, 9.17) is 18.9 Å². The lowest BCUT2D eigenvalue weighted by molar-refractivity contribution is -0.307. The van der Waals surface area contributed by atoms with Gasteiger partial charge < -0.3 is 29.2 Å². The van der Waals surface area contributed by atoms with E-state index in [2.05, 4.69) is 0 Å². The minimum atomic E-state index is -1.40. The van der Waals surface area contributed by atoms with E-state index in [-0.39, 0.29) is 13.2 Å². The Morgan fingerprint density at radius 3 is 1.58 bits per heavy atom. The Hall–Kier alpha value is -2.58. The van der Waals surface area contributed by atoms with Gasteiger partial charge in [-0.15, -0.1) is 0 Å². The van der Waals surface area contributed by atoms with Gasteiger partial charge in [0.15, 0.2) is 6.29 Å². The number of rotatable bonds is 10. The molecule has 1 fully saturated rings. The molecule has 0 amide bonds. The average Bonchev–Trinajstić information content (AvgIpc) is 2.86. The summed E-state index contributed by atoms with van der Waals surface area (Å²) in [5.74, 6) is 0. The van der Waals surface area contributed by atoms with Crippen molar-refractivity contribution in [1.82, 2.24) is 0 Å². The molecule has 174 valence electrons. The molecule has 6 nitrogen and oxygen atoms in total. The summed E-state index contributed by atoms with van der Waals surface area (Å²) in [6.07, 6.45) is -4.68. The van der Waals surface area contributed by atoms with E-state index in [1.165, 1.54) is 0 Å². The van der Waals surface area contributed by atoms with Crippen molar-refractivity contribution < 1.29 is 29.2 Å². The molecule has 6 heteroatoms. The SMILES string of the molecule is O[C@H]1[C@H](OCc2ccccc2)[C@@H](OCc2ccccc2)[C@@H](COCc2ccccc2)O[C@@H]1O. The summed E-state index contributed by atoms with van der Waals surface area (Å²) in [5.41, 5.74) is 2.99. The van der Waals surface area contributed by atoms with Crippen molar-refractivity contribution in [1.29, 1.82) is 0 Å². The number of aliphatic hydroxyl groups excluding tert-OH is 2. The topological polar surface area (TPSA) is 77.4 Å². The highest BCUT2D eigenvalue weighted by Gasteiger charge is 2.46. The Bertz CT molecular complexity index is 937. The summed E-state index contributed by atoms with van der Waals surface area (Å²) in [6.45, 7) is 1.18. The van der Waals surface area contributed by atoms with Crippen LogP contribution in [0, 0.1) is 0 Å². The molecule has 0 unspecified atom stereocenters. The monoisotopic (exact) mass is 450 g/mol. The highest BCUT2D eigenvalue weighted by atomic mass is 16.7. The zero-order valence-electron chi connectivity index (χ0n) is 18.4. The van der Waals surface area contributed by atoms with Gasteiger partial charge in [0.25, 0.3) is 0 Å². The van der Waals surface area contributed by atoms with Gasteiger partial charge in [0.1, 0.15) is 24.4 Å². The zero-order valence-corrected chi connectivity index (χ0v) is 18.4. The van der Waals surface area contributed by atoms with Crippen LogP contribution in [0.1, 0.15) is 16.7 Å². The molecule has 3 aromatic carbocycles. The standard InChI is InChI=1S/C27H30O6/c28-24-26(32-18-22-14-8-3-9-15-22)25(31-17-21-12-6-2-7-13-21)23(33-27(24)29)19-30-16-20-10-4-1-5-11-20/h1-15,23-29H,16-19H2/t23-,24+,25+,26+,27+/m1/s1. The van der Waals surface area contributed by atoms with Crippen LogP contribution in [0.25, 0.3) is 0 Å². The molecule has 4 rings (SSSR count). The smallest absolute Gasteiger partial charge is 0.184 e. The molecule has 0 aliphatic carbocycles. The van der Waals surface area contributed by atoms with Crippen LogP contribution in [0.15, 0.2) is 91.0 Å². The van der Waals surface area contributed by atoms with Crippen molar-refractivity contribution in [3.8, 4) is 0 Å². The van der Waals surface area contributed by atoms with Crippen molar-refractivity contribution in [3.05, 3.63) is 108 Å². The predicted octanol–water partition coefficient (Wildman–Crippen LogP) is 3.45. The number of ether oxygens (including phenoxy) is 4. The van der Waals surface area contributed by atoms with E-state index in [1.54, 1.807) is 0 Å². The predicted molar refractivity (Wildman–Crippen MR) is 123 cm³/mol. The molecule has 1 aliphatic rings. The third-order valence-corrected chi connectivity index (χ3v) is 5.60. The summed E-state index contributed by atoms with van der Waals surface area (Å²) >= 11 is 0. The summed E-state index contributed by atoms with van der Waals surface area (Å²) in [7, 11) is 0. The molecular formula is C27H30O6. The third kappa shape index (κ3) is 6.71. The Balaban J connectivity index is 1.46. The lowest BCUT2D eigenvalue weighted by Crippen LogP contribution is -2.60. The molecule has 3 aromatic rings. The summed E-state index contributed by atoms with van der Waals surface area (Å²) in [6, 6.07) is 29.3. The van der Waals surface area contributed by atoms with Crippen LogP contribution in [0.3, 0.4) is 0 Å². The molecule has 5 atom stereocenters.